The minimum atomic E-state index is -0.174. The number of para-hydroxylation sites is 4. The van der Waals surface area contributed by atoms with Gasteiger partial charge in [-0.15, -0.1) is 48.3 Å². The van der Waals surface area contributed by atoms with Gasteiger partial charge in [-0.25, -0.2) is 4.98 Å². The van der Waals surface area contributed by atoms with Crippen LogP contribution in [0.25, 0.3) is 72.1 Å². The molecular formula is C76H71N4OPt-3. The zero-order valence-electron chi connectivity index (χ0n) is 49.2. The summed E-state index contributed by atoms with van der Waals surface area (Å²) in [5, 5.41) is 2.20. The van der Waals surface area contributed by atoms with Gasteiger partial charge in [0.15, 0.2) is 0 Å². The summed E-state index contributed by atoms with van der Waals surface area (Å²) in [6, 6.07) is 79.8. The maximum absolute atomic E-state index is 7.10. The van der Waals surface area contributed by atoms with Gasteiger partial charge in [0.05, 0.1) is 0 Å². The van der Waals surface area contributed by atoms with Gasteiger partial charge in [-0.2, -0.15) is 6.07 Å². The van der Waals surface area contributed by atoms with Crippen molar-refractivity contribution in [3.8, 4) is 61.8 Å². The third-order valence-electron chi connectivity index (χ3n) is 15.9. The summed E-state index contributed by atoms with van der Waals surface area (Å²) in [4.78, 5) is 9.90. The van der Waals surface area contributed by atoms with Crippen LogP contribution < -0.4 is 14.5 Å². The average molecular weight is 1250 g/mol. The molecule has 0 saturated carbocycles. The minimum Gasteiger partial charge on any atom is -0.509 e. The topological polar surface area (TPSA) is 33.5 Å². The molecule has 0 radical (unpaired) electrons. The molecule has 12 rings (SSSR count). The van der Waals surface area contributed by atoms with Crippen LogP contribution in [0, 0.1) is 18.8 Å². The Morgan fingerprint density at radius 1 is 0.427 bits per heavy atom. The number of nitrogens with zero attached hydrogens (tertiary/aromatic N) is 4. The second-order valence-electron chi connectivity index (χ2n) is 25.9. The molecule has 0 atom stereocenters. The van der Waals surface area contributed by atoms with E-state index in [2.05, 4.69) is 310 Å². The molecule has 5 nitrogen and oxygen atoms in total. The van der Waals surface area contributed by atoms with E-state index < -0.39 is 0 Å². The molecule has 0 N–H and O–H groups in total. The van der Waals surface area contributed by atoms with Crippen molar-refractivity contribution >= 4 is 44.6 Å². The number of pyridine rings is 1. The van der Waals surface area contributed by atoms with Crippen molar-refractivity contribution in [2.45, 2.75) is 105 Å². The Balaban J connectivity index is 0.00000705. The standard InChI is InChI=1S/C76H71N4O.Pt/c1-73(2,3)54-39-37-52(38-40-54)63-45-59(46-69-71(63)62-31-19-20-34-66(62)80(69)70-47-65(76(10,11)12)64(48-77-70)51-27-17-14-18-28-51)81-58-30-23-29-57(44-58)78-49-79(68-36-22-21-35-67(68)78)72-60(50-25-15-13-16-26-50)32-24-33-61(72)53-41-55(74(4,5)6)43-56(42-53)75(7,8)9;/h13-43,45,47-49H,1-12H3;/q-3;. The van der Waals surface area contributed by atoms with Crippen LogP contribution in [-0.4, -0.2) is 9.55 Å². The number of aromatic nitrogens is 2. The molecule has 2 aromatic heterocycles. The number of benzene rings is 9. The molecule has 0 spiro atoms. The monoisotopic (exact) mass is 1250 g/mol. The molecule has 82 heavy (non-hydrogen) atoms. The molecule has 0 bridgehead atoms. The van der Waals surface area contributed by atoms with Gasteiger partial charge in [0.1, 0.15) is 5.82 Å². The molecule has 0 amide bonds. The van der Waals surface area contributed by atoms with Gasteiger partial charge < -0.3 is 19.1 Å². The van der Waals surface area contributed by atoms with E-state index in [1.165, 1.54) is 27.8 Å². The Morgan fingerprint density at radius 2 is 0.976 bits per heavy atom. The van der Waals surface area contributed by atoms with Gasteiger partial charge in [-0.3, -0.25) is 0 Å². The number of rotatable bonds is 9. The van der Waals surface area contributed by atoms with E-state index in [9.17, 15) is 0 Å². The summed E-state index contributed by atoms with van der Waals surface area (Å²) in [6.07, 6.45) is 2.04. The van der Waals surface area contributed by atoms with E-state index in [0.717, 1.165) is 89.3 Å². The fraction of sp³-hybridized carbons (Fsp3) is 0.211. The van der Waals surface area contributed by atoms with E-state index in [1.807, 2.05) is 12.3 Å². The molecule has 414 valence electrons. The third-order valence-corrected chi connectivity index (χ3v) is 15.9. The summed E-state index contributed by atoms with van der Waals surface area (Å²) in [5.74, 6) is 1.97. The predicted octanol–water partition coefficient (Wildman–Crippen LogP) is 20.8. The number of fused-ring (bicyclic) bond motifs is 4. The number of anilines is 4. The summed E-state index contributed by atoms with van der Waals surface area (Å²) in [7, 11) is 0. The largest absolute Gasteiger partial charge is 0.509 e. The van der Waals surface area contributed by atoms with Crippen molar-refractivity contribution < 1.29 is 25.8 Å². The average Bonchev–Trinajstić information content (AvgIpc) is 2.46. The normalized spacial score (nSPS) is 12.9. The fourth-order valence-corrected chi connectivity index (χ4v) is 11.5. The molecular weight excluding hydrogens is 1180 g/mol. The Kier molecular flexibility index (Phi) is 14.6. The molecule has 6 heteroatoms. The first-order valence-electron chi connectivity index (χ1n) is 28.4. The zero-order valence-corrected chi connectivity index (χ0v) is 51.5. The zero-order chi connectivity index (χ0) is 56.6. The first kappa shape index (κ1) is 55.9. The van der Waals surface area contributed by atoms with Crippen LogP contribution in [0.5, 0.6) is 11.5 Å². The SMILES string of the molecule is CC(C)(C)c1ccc(-c2cc(Oc3[c-]c(N4[CH-]N(c5c(-c6ccccc6)cccc5-c5cc(C(C)(C)C)cc(C(C)(C)C)c5)c5ccccc54)ccc3)[c-]c3c2c2ccccc2n3-c2cc(C(C)(C)C)c(-c3ccccc3)cn2)cc1.[Pt]. The van der Waals surface area contributed by atoms with Crippen molar-refractivity contribution in [2.75, 3.05) is 9.80 Å². The van der Waals surface area contributed by atoms with Crippen molar-refractivity contribution in [2.24, 2.45) is 0 Å². The Hall–Kier alpha value is -7.98. The van der Waals surface area contributed by atoms with Gasteiger partial charge in [0.25, 0.3) is 0 Å². The first-order valence-corrected chi connectivity index (χ1v) is 28.4. The molecule has 3 heterocycles. The van der Waals surface area contributed by atoms with Gasteiger partial charge in [0, 0.05) is 78.0 Å². The maximum Gasteiger partial charge on any atom is 0.135 e. The van der Waals surface area contributed by atoms with Crippen LogP contribution in [-0.2, 0) is 42.7 Å². The van der Waals surface area contributed by atoms with Crippen LogP contribution in [0.3, 0.4) is 0 Å². The predicted molar refractivity (Wildman–Crippen MR) is 341 cm³/mol. The molecule has 11 aromatic rings. The number of hydrogen-bond acceptors (Lipinski definition) is 4. The van der Waals surface area contributed by atoms with Gasteiger partial charge in [-0.1, -0.05) is 246 Å². The van der Waals surface area contributed by atoms with E-state index in [-0.39, 0.29) is 42.7 Å². The molecule has 1 aliphatic rings. The molecule has 9 aromatic carbocycles. The minimum absolute atomic E-state index is 0. The number of ether oxygens (including phenoxy) is 1. The van der Waals surface area contributed by atoms with Crippen molar-refractivity contribution in [3.05, 3.63) is 247 Å². The summed E-state index contributed by atoms with van der Waals surface area (Å²) in [5.41, 5.74) is 19.9. The fourth-order valence-electron chi connectivity index (χ4n) is 11.5. The summed E-state index contributed by atoms with van der Waals surface area (Å²) >= 11 is 0. The smallest absolute Gasteiger partial charge is 0.135 e. The quantitative estimate of drug-likeness (QED) is 0.135. The summed E-state index contributed by atoms with van der Waals surface area (Å²) in [6.45, 7) is 29.7. The van der Waals surface area contributed by atoms with E-state index >= 15 is 0 Å². The third kappa shape index (κ3) is 10.6. The van der Waals surface area contributed by atoms with Crippen LogP contribution >= 0.6 is 0 Å². The number of hydrogen-bond donors (Lipinski definition) is 0. The van der Waals surface area contributed by atoms with Crippen molar-refractivity contribution in [1.29, 1.82) is 0 Å². The molecule has 0 saturated heterocycles. The maximum atomic E-state index is 7.10. The molecule has 0 unspecified atom stereocenters. The Morgan fingerprint density at radius 3 is 1.60 bits per heavy atom. The Bertz CT molecular complexity index is 4120. The van der Waals surface area contributed by atoms with E-state index in [1.54, 1.807) is 0 Å². The molecule has 0 aliphatic carbocycles. The second-order valence-corrected chi connectivity index (χ2v) is 25.9. The van der Waals surface area contributed by atoms with E-state index in [4.69, 9.17) is 9.72 Å². The van der Waals surface area contributed by atoms with Crippen LogP contribution in [0.1, 0.15) is 105 Å². The van der Waals surface area contributed by atoms with Crippen LogP contribution in [0.15, 0.2) is 206 Å². The van der Waals surface area contributed by atoms with Gasteiger partial charge in [-0.05, 0) is 95.8 Å². The first-order chi connectivity index (χ1) is 38.7. The van der Waals surface area contributed by atoms with Crippen LogP contribution in [0.4, 0.5) is 22.7 Å². The molecule has 1 aliphatic heterocycles. The Labute approximate surface area is 500 Å². The van der Waals surface area contributed by atoms with E-state index in [0.29, 0.717) is 11.5 Å². The van der Waals surface area contributed by atoms with Gasteiger partial charge in [0.2, 0.25) is 0 Å². The van der Waals surface area contributed by atoms with Crippen molar-refractivity contribution in [3.63, 3.8) is 0 Å². The van der Waals surface area contributed by atoms with Crippen LogP contribution in [0.2, 0.25) is 0 Å². The summed E-state index contributed by atoms with van der Waals surface area (Å²) < 4.78 is 9.37. The van der Waals surface area contributed by atoms with Gasteiger partial charge >= 0.3 is 0 Å². The molecule has 0 fully saturated rings. The van der Waals surface area contributed by atoms with Crippen molar-refractivity contribution in [1.82, 2.24) is 9.55 Å². The second kappa shape index (κ2) is 21.4.